The van der Waals surface area contributed by atoms with E-state index in [1.165, 1.54) is 0 Å². The number of unbranched alkanes of at least 4 members (excludes halogenated alkanes) is 2. The molecule has 1 aromatic heterocycles. The molecule has 3 rings (SSSR count). The first-order valence-electron chi connectivity index (χ1n) is 12.1. The molecule has 9 heteroatoms. The molecular formula is C29H30ClN2NaO5. The zero-order valence-electron chi connectivity index (χ0n) is 20.7. The van der Waals surface area contributed by atoms with Gasteiger partial charge in [-0.3, -0.25) is 14.4 Å². The maximum atomic E-state index is 13.0. The normalized spacial score (nSPS) is 10.2. The second kappa shape index (κ2) is 16.2. The van der Waals surface area contributed by atoms with Crippen LogP contribution >= 0.6 is 11.6 Å². The fourth-order valence-electron chi connectivity index (χ4n) is 3.66. The van der Waals surface area contributed by atoms with E-state index < -0.39 is 0 Å². The molecular weight excluding hydrogens is 515 g/mol. The van der Waals surface area contributed by atoms with Gasteiger partial charge in [-0.1, -0.05) is 42.0 Å². The van der Waals surface area contributed by atoms with Crippen molar-refractivity contribution in [1.29, 1.82) is 0 Å². The molecule has 2 aromatic carbocycles. The SMILES string of the molecule is CC(=O)CCCCCC(=O)OCC#Cc1ccc2[nH]cc(CC(=O)NCc3ccc(Cl)cc3)c(=O)c2c1.[NaH]. The van der Waals surface area contributed by atoms with E-state index in [1.54, 1.807) is 43.5 Å². The molecule has 3 aromatic rings. The van der Waals surface area contributed by atoms with Gasteiger partial charge in [-0.05, 0) is 55.7 Å². The maximum absolute atomic E-state index is 13.0. The van der Waals surface area contributed by atoms with Gasteiger partial charge in [-0.2, -0.15) is 0 Å². The number of aromatic nitrogens is 1. The number of pyridine rings is 1. The summed E-state index contributed by atoms with van der Waals surface area (Å²) < 4.78 is 5.13. The summed E-state index contributed by atoms with van der Waals surface area (Å²) in [6, 6.07) is 12.3. The van der Waals surface area contributed by atoms with Crippen LogP contribution in [-0.4, -0.2) is 58.8 Å². The van der Waals surface area contributed by atoms with E-state index in [0.717, 1.165) is 18.4 Å². The zero-order chi connectivity index (χ0) is 26.6. The molecule has 7 nitrogen and oxygen atoms in total. The fraction of sp³-hybridized carbons (Fsp3) is 0.310. The molecule has 0 saturated heterocycles. The van der Waals surface area contributed by atoms with Gasteiger partial charge in [0.1, 0.15) is 5.78 Å². The number of ether oxygens (including phenoxy) is 1. The first kappa shape index (κ1) is 31.3. The molecule has 0 spiro atoms. The molecule has 194 valence electrons. The van der Waals surface area contributed by atoms with Gasteiger partial charge >= 0.3 is 35.5 Å². The van der Waals surface area contributed by atoms with Crippen molar-refractivity contribution in [3.8, 4) is 11.8 Å². The summed E-state index contributed by atoms with van der Waals surface area (Å²) in [4.78, 5) is 51.1. The third kappa shape index (κ3) is 10.5. The monoisotopic (exact) mass is 544 g/mol. The summed E-state index contributed by atoms with van der Waals surface area (Å²) in [5, 5.41) is 3.86. The van der Waals surface area contributed by atoms with E-state index in [0.29, 0.717) is 52.9 Å². The van der Waals surface area contributed by atoms with Crippen LogP contribution in [0.1, 0.15) is 55.7 Å². The number of aromatic amines is 1. The summed E-state index contributed by atoms with van der Waals surface area (Å²) in [5.74, 6) is 5.26. The second-order valence-electron chi connectivity index (χ2n) is 8.71. The molecule has 2 N–H and O–H groups in total. The number of amides is 1. The minimum atomic E-state index is -0.328. The van der Waals surface area contributed by atoms with Crippen LogP contribution in [0.5, 0.6) is 0 Å². The third-order valence-corrected chi connectivity index (χ3v) is 5.91. The van der Waals surface area contributed by atoms with E-state index in [4.69, 9.17) is 16.3 Å². The number of fused-ring (bicyclic) bond motifs is 1. The fourth-order valence-corrected chi connectivity index (χ4v) is 3.78. The topological polar surface area (TPSA) is 105 Å². The molecule has 0 atom stereocenters. The molecule has 0 fully saturated rings. The molecule has 38 heavy (non-hydrogen) atoms. The second-order valence-corrected chi connectivity index (χ2v) is 9.14. The van der Waals surface area contributed by atoms with Crippen molar-refractivity contribution in [3.63, 3.8) is 0 Å². The van der Waals surface area contributed by atoms with E-state index in [-0.39, 0.29) is 65.7 Å². The van der Waals surface area contributed by atoms with Gasteiger partial charge in [0.05, 0.1) is 6.42 Å². The Morgan fingerprint density at radius 3 is 2.50 bits per heavy atom. The predicted molar refractivity (Wildman–Crippen MR) is 150 cm³/mol. The van der Waals surface area contributed by atoms with Crippen LogP contribution < -0.4 is 10.7 Å². The van der Waals surface area contributed by atoms with Crippen molar-refractivity contribution >= 4 is 69.7 Å². The Labute approximate surface area is 249 Å². The van der Waals surface area contributed by atoms with Crippen LogP contribution in [0.4, 0.5) is 0 Å². The number of ketones is 1. The van der Waals surface area contributed by atoms with Crippen LogP contribution in [0.15, 0.2) is 53.5 Å². The Kier molecular flexibility index (Phi) is 13.3. The average Bonchev–Trinajstić information content (AvgIpc) is 2.88. The first-order chi connectivity index (χ1) is 17.8. The Balaban J connectivity index is 0.00000507. The summed E-state index contributed by atoms with van der Waals surface area (Å²) >= 11 is 5.88. The van der Waals surface area contributed by atoms with Gasteiger partial charge < -0.3 is 19.8 Å². The minimum absolute atomic E-state index is 0. The molecule has 0 aliphatic carbocycles. The first-order valence-corrected chi connectivity index (χ1v) is 12.5. The number of esters is 1. The van der Waals surface area contributed by atoms with Gasteiger partial charge in [-0.25, -0.2) is 0 Å². The number of rotatable bonds is 11. The Morgan fingerprint density at radius 1 is 1.03 bits per heavy atom. The number of Topliss-reactive ketones (excluding diaryl/α,β-unsaturated/α-hetero) is 1. The van der Waals surface area contributed by atoms with Crippen LogP contribution in [0.2, 0.25) is 5.02 Å². The number of carbonyl (C=O) groups excluding carboxylic acids is 3. The van der Waals surface area contributed by atoms with Crippen molar-refractivity contribution in [3.05, 3.63) is 80.6 Å². The van der Waals surface area contributed by atoms with Crippen LogP contribution in [0.25, 0.3) is 10.9 Å². The molecule has 0 unspecified atom stereocenters. The molecule has 0 radical (unpaired) electrons. The van der Waals surface area contributed by atoms with Gasteiger partial charge in [0.2, 0.25) is 5.91 Å². The van der Waals surface area contributed by atoms with E-state index in [9.17, 15) is 19.2 Å². The number of carbonyl (C=O) groups is 3. The van der Waals surface area contributed by atoms with E-state index >= 15 is 0 Å². The predicted octanol–water partition coefficient (Wildman–Crippen LogP) is 3.83. The summed E-state index contributed by atoms with van der Waals surface area (Å²) in [5.41, 5.74) is 2.25. The van der Waals surface area contributed by atoms with Gasteiger partial charge in [0.25, 0.3) is 0 Å². The number of halogens is 1. The van der Waals surface area contributed by atoms with E-state index in [1.807, 2.05) is 12.1 Å². The molecule has 0 saturated carbocycles. The van der Waals surface area contributed by atoms with Gasteiger partial charge in [-0.15, -0.1) is 0 Å². The van der Waals surface area contributed by atoms with Crippen molar-refractivity contribution in [2.24, 2.45) is 0 Å². The Morgan fingerprint density at radius 2 is 1.76 bits per heavy atom. The summed E-state index contributed by atoms with van der Waals surface area (Å²) in [7, 11) is 0. The number of benzene rings is 2. The number of hydrogen-bond acceptors (Lipinski definition) is 5. The van der Waals surface area contributed by atoms with Crippen molar-refractivity contribution < 1.29 is 19.1 Å². The Bertz CT molecular complexity index is 1390. The summed E-state index contributed by atoms with van der Waals surface area (Å²) in [6.45, 7) is 1.85. The quantitative estimate of drug-likeness (QED) is 0.165. The molecule has 1 heterocycles. The van der Waals surface area contributed by atoms with Crippen molar-refractivity contribution in [2.75, 3.05) is 6.61 Å². The van der Waals surface area contributed by atoms with E-state index in [2.05, 4.69) is 22.1 Å². The third-order valence-electron chi connectivity index (χ3n) is 5.66. The molecule has 0 aliphatic heterocycles. The molecule has 0 bridgehead atoms. The van der Waals surface area contributed by atoms with Crippen molar-refractivity contribution in [1.82, 2.24) is 10.3 Å². The number of hydrogen-bond donors (Lipinski definition) is 2. The van der Waals surface area contributed by atoms with Crippen LogP contribution in [-0.2, 0) is 32.1 Å². The number of H-pyrrole nitrogens is 1. The number of nitrogens with one attached hydrogen (secondary N) is 2. The zero-order valence-corrected chi connectivity index (χ0v) is 21.5. The molecule has 1 amide bonds. The van der Waals surface area contributed by atoms with Crippen LogP contribution in [0.3, 0.4) is 0 Å². The summed E-state index contributed by atoms with van der Waals surface area (Å²) in [6.07, 6.45) is 4.58. The standard InChI is InChI=1S/C29H29ClN2O5.Na.H/c1-20(33)6-3-2-4-8-28(35)37-15-5-7-21-11-14-26-25(16-21)29(36)23(19-31-26)17-27(34)32-18-22-9-12-24(30)13-10-22;;/h9-14,16,19H,2-4,6,8,15,17-18H2,1H3,(H,31,36)(H,32,34);;. The van der Waals surface area contributed by atoms with Crippen LogP contribution in [0, 0.1) is 11.8 Å². The average molecular weight is 545 g/mol. The molecule has 0 aliphatic rings. The van der Waals surface area contributed by atoms with Gasteiger partial charge in [0, 0.05) is 52.6 Å². The Hall–Kier alpha value is -2.89. The van der Waals surface area contributed by atoms with Gasteiger partial charge in [0.15, 0.2) is 12.0 Å². The van der Waals surface area contributed by atoms with Crippen molar-refractivity contribution in [2.45, 2.75) is 52.0 Å².